The fraction of sp³-hybridized carbons (Fsp3) is 0.167. The smallest absolute Gasteiger partial charge is 0.261 e. The van der Waals surface area contributed by atoms with Crippen molar-refractivity contribution in [2.24, 2.45) is 0 Å². The van der Waals surface area contributed by atoms with E-state index in [-0.39, 0.29) is 16.4 Å². The summed E-state index contributed by atoms with van der Waals surface area (Å²) in [4.78, 5) is 19.1. The number of hydrogen-bond donors (Lipinski definition) is 1. The molecule has 9 heteroatoms. The van der Waals surface area contributed by atoms with Crippen molar-refractivity contribution in [2.45, 2.75) is 18.4 Å². The lowest BCUT2D eigenvalue weighted by atomic mass is 10.2. The molecule has 1 aromatic heterocycles. The highest BCUT2D eigenvalue weighted by atomic mass is 32.2. The van der Waals surface area contributed by atoms with E-state index in [0.29, 0.717) is 24.6 Å². The molecular weight excluding hydrogens is 458 g/mol. The van der Waals surface area contributed by atoms with Gasteiger partial charge in [-0.25, -0.2) is 13.4 Å². The Bertz CT molecular complexity index is 1350. The van der Waals surface area contributed by atoms with Crippen LogP contribution in [0.3, 0.4) is 0 Å². The number of carbonyl (C=O) groups excluding carboxylic acids is 1. The van der Waals surface area contributed by atoms with Gasteiger partial charge in [0.2, 0.25) is 0 Å². The van der Waals surface area contributed by atoms with E-state index in [1.54, 1.807) is 43.4 Å². The van der Waals surface area contributed by atoms with Crippen LogP contribution in [0.15, 0.2) is 77.7 Å². The van der Waals surface area contributed by atoms with Crippen LogP contribution in [0.5, 0.6) is 5.75 Å². The van der Waals surface area contributed by atoms with Crippen LogP contribution in [0, 0.1) is 0 Å². The van der Waals surface area contributed by atoms with Crippen LogP contribution in [-0.4, -0.2) is 37.9 Å². The normalized spacial score (nSPS) is 11.3. The van der Waals surface area contributed by atoms with Crippen LogP contribution in [0.25, 0.3) is 10.2 Å². The summed E-state index contributed by atoms with van der Waals surface area (Å²) in [6, 6.07) is 20.4. The van der Waals surface area contributed by atoms with Crippen molar-refractivity contribution in [3.8, 4) is 5.75 Å². The lowest BCUT2D eigenvalue weighted by molar-refractivity contribution is 0.0785. The molecule has 170 valence electrons. The van der Waals surface area contributed by atoms with Gasteiger partial charge in [-0.2, -0.15) is 0 Å². The molecule has 0 fully saturated rings. The number of anilines is 1. The average molecular weight is 482 g/mol. The van der Waals surface area contributed by atoms with Gasteiger partial charge < -0.3 is 9.64 Å². The second-order valence-electron chi connectivity index (χ2n) is 7.33. The molecule has 0 saturated heterocycles. The van der Waals surface area contributed by atoms with Gasteiger partial charge in [0.05, 0.1) is 28.3 Å². The molecule has 1 N–H and O–H groups in total. The van der Waals surface area contributed by atoms with Crippen molar-refractivity contribution in [2.75, 3.05) is 18.4 Å². The molecule has 1 amide bonds. The van der Waals surface area contributed by atoms with Crippen LogP contribution in [0.2, 0.25) is 0 Å². The summed E-state index contributed by atoms with van der Waals surface area (Å²) in [6.45, 7) is 2.74. The molecule has 0 aliphatic heterocycles. The van der Waals surface area contributed by atoms with Crippen LogP contribution >= 0.6 is 11.3 Å². The second kappa shape index (κ2) is 9.60. The number of carbonyl (C=O) groups is 1. The van der Waals surface area contributed by atoms with Gasteiger partial charge in [0, 0.05) is 18.3 Å². The summed E-state index contributed by atoms with van der Waals surface area (Å²) >= 11 is 1.53. The Morgan fingerprint density at radius 3 is 2.55 bits per heavy atom. The quantitative estimate of drug-likeness (QED) is 0.392. The molecule has 4 aromatic rings. The largest absolute Gasteiger partial charge is 0.494 e. The Balaban J connectivity index is 1.49. The van der Waals surface area contributed by atoms with Gasteiger partial charge in [-0.1, -0.05) is 18.2 Å². The highest BCUT2D eigenvalue weighted by Gasteiger charge is 2.19. The standard InChI is InChI=1S/C24H23N3O4S2/c1-3-31-19-13-11-18(12-14-19)26-33(29,30)20-8-6-7-17(15-20)24(28)27(2)16-23-25-21-9-4-5-10-22(21)32-23/h4-15,26H,3,16H2,1-2H3. The number of amides is 1. The number of aromatic nitrogens is 1. The molecule has 1 heterocycles. The molecule has 33 heavy (non-hydrogen) atoms. The van der Waals surface area contributed by atoms with Crippen molar-refractivity contribution < 1.29 is 17.9 Å². The third-order valence-electron chi connectivity index (χ3n) is 4.87. The third-order valence-corrected chi connectivity index (χ3v) is 7.27. The number of nitrogens with zero attached hydrogens (tertiary/aromatic N) is 2. The lowest BCUT2D eigenvalue weighted by Gasteiger charge is -2.16. The number of sulfonamides is 1. The van der Waals surface area contributed by atoms with Gasteiger partial charge in [-0.15, -0.1) is 11.3 Å². The fourth-order valence-corrected chi connectivity index (χ4v) is 5.40. The van der Waals surface area contributed by atoms with Crippen LogP contribution in [0.1, 0.15) is 22.3 Å². The maximum absolute atomic E-state index is 13.0. The van der Waals surface area contributed by atoms with E-state index in [1.165, 1.54) is 28.4 Å². The molecular formula is C24H23N3O4S2. The van der Waals surface area contributed by atoms with E-state index in [1.807, 2.05) is 31.2 Å². The average Bonchev–Trinajstić information content (AvgIpc) is 3.22. The molecule has 0 aliphatic rings. The van der Waals surface area contributed by atoms with Gasteiger partial charge in [0.15, 0.2) is 0 Å². The van der Waals surface area contributed by atoms with Crippen molar-refractivity contribution in [1.29, 1.82) is 0 Å². The summed E-state index contributed by atoms with van der Waals surface area (Å²) in [5, 5.41) is 0.813. The summed E-state index contributed by atoms with van der Waals surface area (Å²) in [5.41, 5.74) is 1.59. The fourth-order valence-electron chi connectivity index (χ4n) is 3.28. The molecule has 4 rings (SSSR count). The SMILES string of the molecule is CCOc1ccc(NS(=O)(=O)c2cccc(C(=O)N(C)Cc3nc4ccccc4s3)c2)cc1. The number of benzene rings is 3. The Morgan fingerprint density at radius 2 is 1.82 bits per heavy atom. The molecule has 0 atom stereocenters. The highest BCUT2D eigenvalue weighted by molar-refractivity contribution is 7.92. The third kappa shape index (κ3) is 5.32. The van der Waals surface area contributed by atoms with E-state index in [0.717, 1.165) is 15.2 Å². The number of nitrogens with one attached hydrogen (secondary N) is 1. The molecule has 7 nitrogen and oxygen atoms in total. The molecule has 0 saturated carbocycles. The molecule has 0 aliphatic carbocycles. The molecule has 0 bridgehead atoms. The first-order valence-corrected chi connectivity index (χ1v) is 12.6. The van der Waals surface area contributed by atoms with Gasteiger partial charge >= 0.3 is 0 Å². The van der Waals surface area contributed by atoms with E-state index < -0.39 is 10.0 Å². The predicted octanol–water partition coefficient (Wildman–Crippen LogP) is 4.77. The summed E-state index contributed by atoms with van der Waals surface area (Å²) < 4.78 is 34.7. The van der Waals surface area contributed by atoms with Crippen LogP contribution < -0.4 is 9.46 Å². The molecule has 0 unspecified atom stereocenters. The Hall–Kier alpha value is -3.43. The van der Waals surface area contributed by atoms with Gasteiger partial charge in [-0.3, -0.25) is 9.52 Å². The Morgan fingerprint density at radius 1 is 1.06 bits per heavy atom. The number of para-hydroxylation sites is 1. The second-order valence-corrected chi connectivity index (χ2v) is 10.1. The number of ether oxygens (including phenoxy) is 1. The first kappa shape index (κ1) is 22.8. The molecule has 0 spiro atoms. The number of hydrogen-bond acceptors (Lipinski definition) is 6. The van der Waals surface area contributed by atoms with E-state index in [2.05, 4.69) is 9.71 Å². The van der Waals surface area contributed by atoms with Crippen molar-refractivity contribution in [3.63, 3.8) is 0 Å². The molecule has 3 aromatic carbocycles. The zero-order valence-corrected chi connectivity index (χ0v) is 19.8. The van der Waals surface area contributed by atoms with Gasteiger partial charge in [0.1, 0.15) is 10.8 Å². The maximum atomic E-state index is 13.0. The monoisotopic (exact) mass is 481 g/mol. The number of fused-ring (bicyclic) bond motifs is 1. The minimum Gasteiger partial charge on any atom is -0.494 e. The van der Waals surface area contributed by atoms with Crippen molar-refractivity contribution >= 4 is 43.2 Å². The summed E-state index contributed by atoms with van der Waals surface area (Å²) in [5.74, 6) is 0.372. The topological polar surface area (TPSA) is 88.6 Å². The highest BCUT2D eigenvalue weighted by Crippen LogP contribution is 2.24. The number of rotatable bonds is 8. The van der Waals surface area contributed by atoms with E-state index in [9.17, 15) is 13.2 Å². The van der Waals surface area contributed by atoms with Gasteiger partial charge in [-0.05, 0) is 61.5 Å². The van der Waals surface area contributed by atoms with Crippen LogP contribution in [-0.2, 0) is 16.6 Å². The predicted molar refractivity (Wildman–Crippen MR) is 130 cm³/mol. The number of thiazole rings is 1. The van der Waals surface area contributed by atoms with E-state index >= 15 is 0 Å². The van der Waals surface area contributed by atoms with E-state index in [4.69, 9.17) is 4.74 Å². The van der Waals surface area contributed by atoms with Gasteiger partial charge in [0.25, 0.3) is 15.9 Å². The zero-order valence-electron chi connectivity index (χ0n) is 18.2. The Kier molecular flexibility index (Phi) is 6.62. The zero-order chi connectivity index (χ0) is 23.4. The molecule has 0 radical (unpaired) electrons. The minimum absolute atomic E-state index is 0.00984. The first-order chi connectivity index (χ1) is 15.9. The first-order valence-electron chi connectivity index (χ1n) is 10.3. The van der Waals surface area contributed by atoms with Crippen molar-refractivity contribution in [3.05, 3.63) is 83.4 Å². The Labute approximate surface area is 196 Å². The maximum Gasteiger partial charge on any atom is 0.261 e. The lowest BCUT2D eigenvalue weighted by Crippen LogP contribution is -2.26. The summed E-state index contributed by atoms with van der Waals surface area (Å²) in [7, 11) is -2.19. The van der Waals surface area contributed by atoms with Crippen LogP contribution in [0.4, 0.5) is 5.69 Å². The minimum atomic E-state index is -3.87. The van der Waals surface area contributed by atoms with Crippen molar-refractivity contribution in [1.82, 2.24) is 9.88 Å². The summed E-state index contributed by atoms with van der Waals surface area (Å²) in [6.07, 6.45) is 0.